The lowest BCUT2D eigenvalue weighted by Crippen LogP contribution is -2.27. The van der Waals surface area contributed by atoms with E-state index in [0.717, 1.165) is 42.6 Å². The molecule has 1 saturated heterocycles. The summed E-state index contributed by atoms with van der Waals surface area (Å²) in [7, 11) is -3.68. The van der Waals surface area contributed by atoms with Gasteiger partial charge >= 0.3 is 0 Å². The highest BCUT2D eigenvalue weighted by Crippen LogP contribution is 2.41. The monoisotopic (exact) mass is 450 g/mol. The van der Waals surface area contributed by atoms with Gasteiger partial charge in [-0.2, -0.15) is 0 Å². The number of thioether (sulfide) groups is 1. The maximum absolute atomic E-state index is 12.3. The summed E-state index contributed by atoms with van der Waals surface area (Å²) in [6.07, 6.45) is 5.27. The summed E-state index contributed by atoms with van der Waals surface area (Å²) in [6, 6.07) is 6.83. The SMILES string of the molecule is NS(=O)(=O)c1ccc(CCNC(=O)CSc2nnc(N3CCCC3)n2C2CC2)cc1. The zero-order valence-corrected chi connectivity index (χ0v) is 18.3. The third kappa shape index (κ3) is 5.13. The normalized spacial score (nSPS) is 16.8. The number of nitrogens with one attached hydrogen (secondary N) is 1. The van der Waals surface area contributed by atoms with Crippen molar-refractivity contribution < 1.29 is 13.2 Å². The van der Waals surface area contributed by atoms with Crippen molar-refractivity contribution in [2.45, 2.75) is 48.2 Å². The molecule has 0 spiro atoms. The Morgan fingerprint density at radius 3 is 2.50 bits per heavy atom. The van der Waals surface area contributed by atoms with Crippen LogP contribution in [0.2, 0.25) is 0 Å². The highest BCUT2D eigenvalue weighted by Gasteiger charge is 2.32. The molecule has 1 aliphatic carbocycles. The second-order valence-electron chi connectivity index (χ2n) is 7.66. The molecule has 11 heteroatoms. The first-order chi connectivity index (χ1) is 14.4. The van der Waals surface area contributed by atoms with E-state index < -0.39 is 10.0 Å². The average molecular weight is 451 g/mol. The number of anilines is 1. The Kier molecular flexibility index (Phi) is 6.30. The lowest BCUT2D eigenvalue weighted by Gasteiger charge is -2.17. The van der Waals surface area contributed by atoms with Crippen LogP contribution in [0.1, 0.15) is 37.3 Å². The van der Waals surface area contributed by atoms with Crippen LogP contribution in [0.5, 0.6) is 0 Å². The van der Waals surface area contributed by atoms with E-state index >= 15 is 0 Å². The van der Waals surface area contributed by atoms with Gasteiger partial charge in [-0.1, -0.05) is 23.9 Å². The minimum absolute atomic E-state index is 0.0609. The zero-order chi connectivity index (χ0) is 21.1. The predicted octanol–water partition coefficient (Wildman–Crippen LogP) is 1.31. The van der Waals surface area contributed by atoms with Gasteiger partial charge < -0.3 is 10.2 Å². The molecule has 0 radical (unpaired) electrons. The molecule has 2 heterocycles. The fraction of sp³-hybridized carbons (Fsp3) is 0.526. The lowest BCUT2D eigenvalue weighted by atomic mass is 10.1. The molecule has 1 saturated carbocycles. The quantitative estimate of drug-likeness (QED) is 0.552. The number of nitrogens with zero attached hydrogens (tertiary/aromatic N) is 4. The molecule has 162 valence electrons. The van der Waals surface area contributed by atoms with Crippen molar-refractivity contribution in [1.29, 1.82) is 0 Å². The van der Waals surface area contributed by atoms with Gasteiger partial charge in [0.05, 0.1) is 10.6 Å². The van der Waals surface area contributed by atoms with Gasteiger partial charge in [0.25, 0.3) is 0 Å². The van der Waals surface area contributed by atoms with Gasteiger partial charge in [-0.05, 0) is 49.8 Å². The first-order valence-electron chi connectivity index (χ1n) is 10.1. The number of carbonyl (C=O) groups is 1. The van der Waals surface area contributed by atoms with E-state index in [-0.39, 0.29) is 16.6 Å². The van der Waals surface area contributed by atoms with E-state index in [9.17, 15) is 13.2 Å². The minimum Gasteiger partial charge on any atom is -0.355 e. The van der Waals surface area contributed by atoms with Crippen LogP contribution in [0.15, 0.2) is 34.3 Å². The van der Waals surface area contributed by atoms with Crippen molar-refractivity contribution in [2.24, 2.45) is 5.14 Å². The molecular formula is C19H26N6O3S2. The van der Waals surface area contributed by atoms with E-state index in [0.29, 0.717) is 19.0 Å². The van der Waals surface area contributed by atoms with Crippen LogP contribution in [-0.4, -0.2) is 54.5 Å². The number of hydrogen-bond donors (Lipinski definition) is 2. The summed E-state index contributed by atoms with van der Waals surface area (Å²) in [5, 5.41) is 17.6. The Labute approximate surface area is 180 Å². The van der Waals surface area contributed by atoms with Crippen molar-refractivity contribution >= 4 is 33.6 Å². The van der Waals surface area contributed by atoms with Gasteiger partial charge in [-0.15, -0.1) is 10.2 Å². The Morgan fingerprint density at radius 1 is 1.17 bits per heavy atom. The molecule has 0 unspecified atom stereocenters. The first-order valence-corrected chi connectivity index (χ1v) is 12.7. The fourth-order valence-corrected chi connectivity index (χ4v) is 4.87. The number of benzene rings is 1. The number of primary sulfonamides is 1. The molecule has 1 aromatic heterocycles. The Bertz CT molecular complexity index is 996. The molecule has 9 nitrogen and oxygen atoms in total. The van der Waals surface area contributed by atoms with E-state index in [1.807, 2.05) is 0 Å². The van der Waals surface area contributed by atoms with Crippen molar-refractivity contribution in [3.8, 4) is 0 Å². The molecule has 2 aromatic rings. The van der Waals surface area contributed by atoms with Crippen LogP contribution >= 0.6 is 11.8 Å². The van der Waals surface area contributed by atoms with Crippen LogP contribution in [0.4, 0.5) is 5.95 Å². The molecule has 0 bridgehead atoms. The molecule has 0 atom stereocenters. The van der Waals surface area contributed by atoms with Crippen LogP contribution in [0.3, 0.4) is 0 Å². The van der Waals surface area contributed by atoms with Gasteiger partial charge in [0.2, 0.25) is 21.9 Å². The molecule has 2 aliphatic rings. The van der Waals surface area contributed by atoms with Gasteiger partial charge in [-0.25, -0.2) is 13.6 Å². The molecule has 30 heavy (non-hydrogen) atoms. The molecule has 1 aromatic carbocycles. The topological polar surface area (TPSA) is 123 Å². The molecule has 4 rings (SSSR count). The van der Waals surface area contributed by atoms with Gasteiger partial charge in [0.15, 0.2) is 5.16 Å². The van der Waals surface area contributed by atoms with E-state index in [4.69, 9.17) is 5.14 Å². The molecular weight excluding hydrogens is 424 g/mol. The number of sulfonamides is 1. The van der Waals surface area contributed by atoms with Crippen LogP contribution in [0.25, 0.3) is 0 Å². The number of hydrogen-bond acceptors (Lipinski definition) is 7. The van der Waals surface area contributed by atoms with Crippen LogP contribution < -0.4 is 15.4 Å². The zero-order valence-electron chi connectivity index (χ0n) is 16.7. The van der Waals surface area contributed by atoms with Crippen molar-refractivity contribution in [2.75, 3.05) is 30.3 Å². The summed E-state index contributed by atoms with van der Waals surface area (Å²) in [6.45, 7) is 2.52. The second-order valence-corrected chi connectivity index (χ2v) is 10.2. The maximum atomic E-state index is 12.3. The van der Waals surface area contributed by atoms with E-state index in [2.05, 4.69) is 25.0 Å². The third-order valence-electron chi connectivity index (χ3n) is 5.27. The largest absolute Gasteiger partial charge is 0.355 e. The van der Waals surface area contributed by atoms with Gasteiger partial charge in [0, 0.05) is 25.7 Å². The number of carbonyl (C=O) groups excluding carboxylic acids is 1. The van der Waals surface area contributed by atoms with Crippen molar-refractivity contribution in [3.05, 3.63) is 29.8 Å². The Hall–Kier alpha value is -2.11. The number of amides is 1. The average Bonchev–Trinajstić information content (AvgIpc) is 3.23. The Balaban J connectivity index is 1.26. The minimum atomic E-state index is -3.68. The summed E-state index contributed by atoms with van der Waals surface area (Å²) >= 11 is 1.42. The highest BCUT2D eigenvalue weighted by atomic mass is 32.2. The van der Waals surface area contributed by atoms with E-state index in [1.54, 1.807) is 12.1 Å². The Morgan fingerprint density at radius 2 is 1.87 bits per heavy atom. The standard InChI is InChI=1S/C19H26N6O3S2/c20-30(27,28)16-7-3-14(4-8-16)9-10-21-17(26)13-29-19-23-22-18(24-11-1-2-12-24)25(19)15-5-6-15/h3-4,7-8,15H,1-2,5-6,9-13H2,(H,21,26)(H2,20,27,28). The van der Waals surface area contributed by atoms with Gasteiger partial charge in [0.1, 0.15) is 0 Å². The number of rotatable bonds is 9. The van der Waals surface area contributed by atoms with Gasteiger partial charge in [-0.3, -0.25) is 9.36 Å². The third-order valence-corrected chi connectivity index (χ3v) is 7.14. The highest BCUT2D eigenvalue weighted by molar-refractivity contribution is 7.99. The summed E-state index contributed by atoms with van der Waals surface area (Å²) < 4.78 is 24.8. The van der Waals surface area contributed by atoms with Crippen LogP contribution in [-0.2, 0) is 21.2 Å². The molecule has 1 aliphatic heterocycles. The second kappa shape index (κ2) is 8.94. The molecule has 3 N–H and O–H groups in total. The van der Waals surface area contributed by atoms with Crippen LogP contribution in [0, 0.1) is 0 Å². The van der Waals surface area contributed by atoms with E-state index in [1.165, 1.54) is 36.7 Å². The summed E-state index contributed by atoms with van der Waals surface area (Å²) in [4.78, 5) is 14.6. The fourth-order valence-electron chi connectivity index (χ4n) is 3.53. The predicted molar refractivity (Wildman–Crippen MR) is 115 cm³/mol. The molecule has 2 fully saturated rings. The lowest BCUT2D eigenvalue weighted by molar-refractivity contribution is -0.118. The van der Waals surface area contributed by atoms with Crippen molar-refractivity contribution in [1.82, 2.24) is 20.1 Å². The number of nitrogens with two attached hydrogens (primary N) is 1. The van der Waals surface area contributed by atoms with Crippen molar-refractivity contribution in [3.63, 3.8) is 0 Å². The summed E-state index contributed by atoms with van der Waals surface area (Å²) in [5.41, 5.74) is 0.930. The number of aromatic nitrogens is 3. The smallest absolute Gasteiger partial charge is 0.238 e. The molecule has 1 amide bonds. The summed E-state index contributed by atoms with van der Waals surface area (Å²) in [5.74, 6) is 1.17. The maximum Gasteiger partial charge on any atom is 0.238 e. The first kappa shape index (κ1) is 21.1.